The van der Waals surface area contributed by atoms with Crippen molar-refractivity contribution in [3.05, 3.63) is 29.3 Å². The van der Waals surface area contributed by atoms with Crippen molar-refractivity contribution in [1.82, 2.24) is 10.2 Å². The highest BCUT2D eigenvalue weighted by atomic mass is 16.5. The van der Waals surface area contributed by atoms with Crippen LogP contribution in [-0.2, 0) is 27.3 Å². The SMILES string of the molecule is CC(C)C[C@H](NC(=O)[C@@H]1Cc2ccc(N)cc2CN1C(=O)O)C(=O)OC1CCCC1. The van der Waals surface area contributed by atoms with Crippen LogP contribution >= 0.6 is 0 Å². The minimum Gasteiger partial charge on any atom is -0.465 e. The van der Waals surface area contributed by atoms with Crippen molar-refractivity contribution in [2.45, 2.75) is 77.1 Å². The number of benzene rings is 1. The Hall–Kier alpha value is -2.77. The number of nitrogens with two attached hydrogens (primary N) is 1. The van der Waals surface area contributed by atoms with Crippen LogP contribution in [0, 0.1) is 5.92 Å². The third-order valence-corrected chi connectivity index (χ3v) is 5.80. The molecule has 0 spiro atoms. The molecule has 1 heterocycles. The first-order valence-corrected chi connectivity index (χ1v) is 10.6. The Bertz CT molecular complexity index is 804. The first kappa shape index (κ1) is 21.9. The molecule has 0 unspecified atom stereocenters. The number of hydrogen-bond acceptors (Lipinski definition) is 5. The van der Waals surface area contributed by atoms with E-state index < -0.39 is 30.1 Å². The molecule has 1 aliphatic carbocycles. The van der Waals surface area contributed by atoms with Crippen LogP contribution in [-0.4, -0.2) is 46.2 Å². The number of esters is 1. The zero-order valence-corrected chi connectivity index (χ0v) is 17.6. The van der Waals surface area contributed by atoms with Crippen LogP contribution in [0.15, 0.2) is 18.2 Å². The number of rotatable bonds is 6. The molecule has 1 aromatic carbocycles. The zero-order chi connectivity index (χ0) is 21.8. The molecule has 164 valence electrons. The molecule has 2 amide bonds. The summed E-state index contributed by atoms with van der Waals surface area (Å²) in [4.78, 5) is 38.7. The van der Waals surface area contributed by atoms with Gasteiger partial charge in [0, 0.05) is 12.1 Å². The highest BCUT2D eigenvalue weighted by molar-refractivity contribution is 5.90. The smallest absolute Gasteiger partial charge is 0.408 e. The number of nitrogens with one attached hydrogen (secondary N) is 1. The van der Waals surface area contributed by atoms with Gasteiger partial charge in [-0.15, -0.1) is 0 Å². The fraction of sp³-hybridized carbons (Fsp3) is 0.591. The van der Waals surface area contributed by atoms with E-state index in [-0.39, 0.29) is 25.0 Å². The Kier molecular flexibility index (Phi) is 6.84. The standard InChI is InChI=1S/C22H31N3O5/c1-13(2)9-18(21(27)30-17-5-3-4-6-17)24-20(26)19-11-14-7-8-16(23)10-15(14)12-25(19)22(28)29/h7-8,10,13,17-19H,3-6,9,11-12,23H2,1-2H3,(H,24,26)(H,28,29)/t18-,19-/m0/s1. The lowest BCUT2D eigenvalue weighted by Crippen LogP contribution is -2.55. The molecule has 0 aromatic heterocycles. The lowest BCUT2D eigenvalue weighted by atomic mass is 9.93. The van der Waals surface area contributed by atoms with Crippen LogP contribution in [0.4, 0.5) is 10.5 Å². The van der Waals surface area contributed by atoms with E-state index in [1.807, 2.05) is 19.9 Å². The highest BCUT2D eigenvalue weighted by Gasteiger charge is 2.37. The van der Waals surface area contributed by atoms with Crippen molar-refractivity contribution in [1.29, 1.82) is 0 Å². The number of nitrogens with zero attached hydrogens (tertiary/aromatic N) is 1. The zero-order valence-electron chi connectivity index (χ0n) is 17.6. The molecule has 8 nitrogen and oxygen atoms in total. The molecule has 1 saturated carbocycles. The van der Waals surface area contributed by atoms with E-state index in [0.717, 1.165) is 41.7 Å². The fourth-order valence-corrected chi connectivity index (χ4v) is 4.25. The maximum absolute atomic E-state index is 13.1. The van der Waals surface area contributed by atoms with Gasteiger partial charge in [-0.2, -0.15) is 0 Å². The van der Waals surface area contributed by atoms with Gasteiger partial charge in [0.05, 0.1) is 6.54 Å². The lowest BCUT2D eigenvalue weighted by Gasteiger charge is -2.35. The molecule has 1 aromatic rings. The first-order valence-electron chi connectivity index (χ1n) is 10.6. The minimum atomic E-state index is -1.18. The third-order valence-electron chi connectivity index (χ3n) is 5.80. The van der Waals surface area contributed by atoms with Crippen molar-refractivity contribution in [2.75, 3.05) is 5.73 Å². The van der Waals surface area contributed by atoms with E-state index in [2.05, 4.69) is 5.32 Å². The van der Waals surface area contributed by atoms with Gasteiger partial charge in [0.15, 0.2) is 0 Å². The second kappa shape index (κ2) is 9.36. The summed E-state index contributed by atoms with van der Waals surface area (Å²) in [6.07, 6.45) is 3.18. The van der Waals surface area contributed by atoms with Gasteiger partial charge in [0.25, 0.3) is 0 Å². The Balaban J connectivity index is 1.74. The number of carbonyl (C=O) groups is 3. The highest BCUT2D eigenvalue weighted by Crippen LogP contribution is 2.26. The van der Waals surface area contributed by atoms with E-state index in [9.17, 15) is 19.5 Å². The number of carboxylic acid groups (broad SMARTS) is 1. The van der Waals surface area contributed by atoms with Gasteiger partial charge in [0.1, 0.15) is 18.2 Å². The van der Waals surface area contributed by atoms with E-state index in [1.54, 1.807) is 12.1 Å². The van der Waals surface area contributed by atoms with Crippen LogP contribution in [0.2, 0.25) is 0 Å². The largest absolute Gasteiger partial charge is 0.465 e. The van der Waals surface area contributed by atoms with Crippen molar-refractivity contribution in [3.63, 3.8) is 0 Å². The summed E-state index contributed by atoms with van der Waals surface area (Å²) >= 11 is 0. The minimum absolute atomic E-state index is 0.0785. The number of anilines is 1. The second-order valence-electron chi connectivity index (χ2n) is 8.69. The Labute approximate surface area is 176 Å². The lowest BCUT2D eigenvalue weighted by molar-refractivity contribution is -0.153. The van der Waals surface area contributed by atoms with Crippen LogP contribution in [0.1, 0.15) is 57.1 Å². The summed E-state index contributed by atoms with van der Waals surface area (Å²) in [5.41, 5.74) is 8.04. The summed E-state index contributed by atoms with van der Waals surface area (Å²) in [5.74, 6) is -0.749. The van der Waals surface area contributed by atoms with Gasteiger partial charge >= 0.3 is 12.1 Å². The monoisotopic (exact) mass is 417 g/mol. The molecule has 8 heteroatoms. The van der Waals surface area contributed by atoms with Gasteiger partial charge in [-0.25, -0.2) is 9.59 Å². The molecule has 1 fully saturated rings. The molecule has 2 aliphatic rings. The summed E-state index contributed by atoms with van der Waals surface area (Å²) in [6, 6.07) is 3.60. The van der Waals surface area contributed by atoms with E-state index >= 15 is 0 Å². The molecule has 4 N–H and O–H groups in total. The predicted molar refractivity (Wildman–Crippen MR) is 112 cm³/mol. The van der Waals surface area contributed by atoms with Crippen LogP contribution in [0.3, 0.4) is 0 Å². The topological polar surface area (TPSA) is 122 Å². The molecule has 1 aliphatic heterocycles. The van der Waals surface area contributed by atoms with Crippen LogP contribution in [0.25, 0.3) is 0 Å². The summed E-state index contributed by atoms with van der Waals surface area (Å²) < 4.78 is 5.61. The van der Waals surface area contributed by atoms with Crippen molar-refractivity contribution in [3.8, 4) is 0 Å². The number of fused-ring (bicyclic) bond motifs is 1. The number of amides is 2. The Morgan fingerprint density at radius 3 is 2.57 bits per heavy atom. The molecular formula is C22H31N3O5. The molecule has 0 radical (unpaired) electrons. The predicted octanol–water partition coefficient (Wildman–Crippen LogP) is 2.69. The number of hydrogen-bond donors (Lipinski definition) is 3. The van der Waals surface area contributed by atoms with Gasteiger partial charge in [0.2, 0.25) is 5.91 Å². The van der Waals surface area contributed by atoms with E-state index in [4.69, 9.17) is 10.5 Å². The number of nitrogen functional groups attached to an aromatic ring is 1. The van der Waals surface area contributed by atoms with Crippen molar-refractivity contribution in [2.24, 2.45) is 5.92 Å². The maximum Gasteiger partial charge on any atom is 0.408 e. The Morgan fingerprint density at radius 1 is 1.23 bits per heavy atom. The van der Waals surface area contributed by atoms with Crippen LogP contribution < -0.4 is 11.1 Å². The normalized spacial score (nSPS) is 20.0. The Morgan fingerprint density at radius 2 is 1.93 bits per heavy atom. The molecular weight excluding hydrogens is 386 g/mol. The summed E-state index contributed by atoms with van der Waals surface area (Å²) in [7, 11) is 0. The summed E-state index contributed by atoms with van der Waals surface area (Å²) in [6.45, 7) is 4.01. The molecule has 0 saturated heterocycles. The van der Waals surface area contributed by atoms with Crippen molar-refractivity contribution >= 4 is 23.7 Å². The number of carbonyl (C=O) groups excluding carboxylic acids is 2. The van der Waals surface area contributed by atoms with Crippen LogP contribution in [0.5, 0.6) is 0 Å². The molecule has 0 bridgehead atoms. The fourth-order valence-electron chi connectivity index (χ4n) is 4.25. The van der Waals surface area contributed by atoms with E-state index in [1.165, 1.54) is 0 Å². The molecule has 30 heavy (non-hydrogen) atoms. The second-order valence-corrected chi connectivity index (χ2v) is 8.69. The van der Waals surface area contributed by atoms with Crippen molar-refractivity contribution < 1.29 is 24.2 Å². The maximum atomic E-state index is 13.1. The van der Waals surface area contributed by atoms with Gasteiger partial charge in [-0.1, -0.05) is 19.9 Å². The number of ether oxygens (including phenoxy) is 1. The van der Waals surface area contributed by atoms with Gasteiger partial charge in [-0.05, 0) is 61.3 Å². The molecule has 3 rings (SSSR count). The average Bonchev–Trinajstić information content (AvgIpc) is 3.18. The average molecular weight is 418 g/mol. The molecule has 2 atom stereocenters. The first-order chi connectivity index (χ1) is 14.2. The van der Waals surface area contributed by atoms with Gasteiger partial charge < -0.3 is 20.9 Å². The third kappa shape index (κ3) is 5.23. The van der Waals surface area contributed by atoms with Gasteiger partial charge in [-0.3, -0.25) is 9.69 Å². The van der Waals surface area contributed by atoms with E-state index in [0.29, 0.717) is 12.1 Å². The summed E-state index contributed by atoms with van der Waals surface area (Å²) in [5, 5.41) is 12.4. The quantitative estimate of drug-likeness (QED) is 0.483.